The van der Waals surface area contributed by atoms with E-state index in [1.54, 1.807) is 18.2 Å². The molecule has 1 N–H and O–H groups in total. The Morgan fingerprint density at radius 1 is 1.16 bits per heavy atom. The highest BCUT2D eigenvalue weighted by molar-refractivity contribution is 6.31. The number of carbonyl (C=O) groups excluding carboxylic acids is 1. The van der Waals surface area contributed by atoms with E-state index >= 15 is 0 Å². The largest absolute Gasteiger partial charge is 0.322 e. The molecule has 19 heavy (non-hydrogen) atoms. The number of benzene rings is 2. The molecule has 2 rings (SSSR count). The molecule has 0 aliphatic rings. The van der Waals surface area contributed by atoms with Crippen LogP contribution < -0.4 is 5.32 Å². The van der Waals surface area contributed by atoms with Crippen molar-refractivity contribution in [2.75, 3.05) is 5.32 Å². The summed E-state index contributed by atoms with van der Waals surface area (Å²) >= 11 is 5.35. The van der Waals surface area contributed by atoms with Gasteiger partial charge < -0.3 is 5.32 Å². The van der Waals surface area contributed by atoms with Crippen molar-refractivity contribution in [3.05, 3.63) is 64.2 Å². The van der Waals surface area contributed by atoms with Crippen LogP contribution in [0.15, 0.2) is 36.4 Å². The molecule has 0 aliphatic carbocycles. The molecule has 0 saturated carbocycles. The molecule has 0 aliphatic heterocycles. The second-order valence-electron chi connectivity index (χ2n) is 4.08. The van der Waals surface area contributed by atoms with E-state index in [4.69, 9.17) is 11.6 Å². The molecule has 0 radical (unpaired) electrons. The monoisotopic (exact) mass is 281 g/mol. The Morgan fingerprint density at radius 3 is 2.37 bits per heavy atom. The van der Waals surface area contributed by atoms with E-state index in [2.05, 4.69) is 5.32 Å². The Kier molecular flexibility index (Phi) is 3.81. The van der Waals surface area contributed by atoms with Gasteiger partial charge in [-0.3, -0.25) is 4.79 Å². The normalized spacial score (nSPS) is 10.3. The number of amides is 1. The molecular formula is C14H10ClF2NO. The van der Waals surface area contributed by atoms with Gasteiger partial charge in [0.1, 0.15) is 16.7 Å². The summed E-state index contributed by atoms with van der Waals surface area (Å²) in [4.78, 5) is 11.9. The zero-order valence-corrected chi connectivity index (χ0v) is 10.8. The molecule has 0 spiro atoms. The molecule has 2 aromatic rings. The lowest BCUT2D eigenvalue weighted by Gasteiger charge is -2.07. The summed E-state index contributed by atoms with van der Waals surface area (Å²) in [5, 5.41) is 1.94. The first-order valence-electron chi connectivity index (χ1n) is 5.50. The van der Waals surface area contributed by atoms with Crippen LogP contribution in [0.5, 0.6) is 0 Å². The van der Waals surface area contributed by atoms with E-state index < -0.39 is 22.6 Å². The summed E-state index contributed by atoms with van der Waals surface area (Å²) in [5.41, 5.74) is 1.40. The van der Waals surface area contributed by atoms with Gasteiger partial charge in [0, 0.05) is 11.3 Å². The van der Waals surface area contributed by atoms with Crippen LogP contribution in [-0.2, 0) is 0 Å². The van der Waals surface area contributed by atoms with Crippen molar-refractivity contribution in [1.82, 2.24) is 0 Å². The van der Waals surface area contributed by atoms with E-state index in [0.29, 0.717) is 5.69 Å². The van der Waals surface area contributed by atoms with Crippen molar-refractivity contribution in [3.63, 3.8) is 0 Å². The minimum atomic E-state index is -0.962. The molecular weight excluding hydrogens is 272 g/mol. The van der Waals surface area contributed by atoms with E-state index in [9.17, 15) is 13.6 Å². The van der Waals surface area contributed by atoms with Crippen molar-refractivity contribution in [2.45, 2.75) is 6.92 Å². The lowest BCUT2D eigenvalue weighted by molar-refractivity contribution is 0.102. The SMILES string of the molecule is Cc1cccc(NC(=O)c2cc(F)c(Cl)c(F)c2)c1. The Morgan fingerprint density at radius 2 is 1.79 bits per heavy atom. The summed E-state index contributed by atoms with van der Waals surface area (Å²) in [5.74, 6) is -2.52. The molecule has 0 saturated heterocycles. The summed E-state index contributed by atoms with van der Waals surface area (Å²) in [6.45, 7) is 1.87. The third-order valence-electron chi connectivity index (χ3n) is 2.52. The van der Waals surface area contributed by atoms with Gasteiger partial charge in [0.25, 0.3) is 5.91 Å². The van der Waals surface area contributed by atoms with Crippen molar-refractivity contribution in [2.24, 2.45) is 0 Å². The summed E-state index contributed by atoms with van der Waals surface area (Å²) in [7, 11) is 0. The Hall–Kier alpha value is -1.94. The van der Waals surface area contributed by atoms with Crippen molar-refractivity contribution in [1.29, 1.82) is 0 Å². The molecule has 0 fully saturated rings. The van der Waals surface area contributed by atoms with Crippen LogP contribution in [0.4, 0.5) is 14.5 Å². The topological polar surface area (TPSA) is 29.1 Å². The number of carbonyl (C=O) groups is 1. The summed E-state index contributed by atoms with van der Waals surface area (Å²) < 4.78 is 26.5. The van der Waals surface area contributed by atoms with Crippen LogP contribution in [-0.4, -0.2) is 5.91 Å². The van der Waals surface area contributed by atoms with Gasteiger partial charge in [-0.05, 0) is 36.8 Å². The third-order valence-corrected chi connectivity index (χ3v) is 2.88. The maximum atomic E-state index is 13.3. The second kappa shape index (κ2) is 5.36. The highest BCUT2D eigenvalue weighted by atomic mass is 35.5. The summed E-state index contributed by atoms with van der Waals surface area (Å²) in [6, 6.07) is 8.88. The van der Waals surface area contributed by atoms with Crippen molar-refractivity contribution >= 4 is 23.2 Å². The number of anilines is 1. The number of halogens is 3. The highest BCUT2D eigenvalue weighted by Gasteiger charge is 2.13. The molecule has 2 nitrogen and oxygen atoms in total. The fourth-order valence-corrected chi connectivity index (χ4v) is 1.72. The average Bonchev–Trinajstić information content (AvgIpc) is 2.35. The van der Waals surface area contributed by atoms with Gasteiger partial charge in [-0.15, -0.1) is 0 Å². The number of hydrogen-bond acceptors (Lipinski definition) is 1. The molecule has 2 aromatic carbocycles. The number of hydrogen-bond donors (Lipinski definition) is 1. The third kappa shape index (κ3) is 3.09. The molecule has 1 amide bonds. The van der Waals surface area contributed by atoms with E-state index in [0.717, 1.165) is 17.7 Å². The minimum Gasteiger partial charge on any atom is -0.322 e. The van der Waals surface area contributed by atoms with Crippen LogP contribution in [0, 0.1) is 18.6 Å². The van der Waals surface area contributed by atoms with Gasteiger partial charge in [0.05, 0.1) is 0 Å². The van der Waals surface area contributed by atoms with Crippen LogP contribution in [0.25, 0.3) is 0 Å². The van der Waals surface area contributed by atoms with Gasteiger partial charge in [-0.1, -0.05) is 23.7 Å². The van der Waals surface area contributed by atoms with Crippen LogP contribution >= 0.6 is 11.6 Å². The Labute approximate surface area is 114 Å². The lowest BCUT2D eigenvalue weighted by Crippen LogP contribution is -2.12. The first-order chi connectivity index (χ1) is 8.97. The first-order valence-corrected chi connectivity index (χ1v) is 5.88. The quantitative estimate of drug-likeness (QED) is 0.822. The first kappa shape index (κ1) is 13.5. The van der Waals surface area contributed by atoms with Crippen LogP contribution in [0.3, 0.4) is 0 Å². The minimum absolute atomic E-state index is 0.124. The maximum Gasteiger partial charge on any atom is 0.255 e. The van der Waals surface area contributed by atoms with Gasteiger partial charge in [-0.25, -0.2) is 8.78 Å². The van der Waals surface area contributed by atoms with E-state index in [1.807, 2.05) is 13.0 Å². The zero-order chi connectivity index (χ0) is 14.0. The maximum absolute atomic E-state index is 13.3. The zero-order valence-electron chi connectivity index (χ0n) is 10.0. The van der Waals surface area contributed by atoms with Gasteiger partial charge in [0.2, 0.25) is 0 Å². The molecule has 0 heterocycles. The Bertz CT molecular complexity index is 620. The molecule has 0 unspecified atom stereocenters. The highest BCUT2D eigenvalue weighted by Crippen LogP contribution is 2.21. The predicted molar refractivity (Wildman–Crippen MR) is 70.5 cm³/mol. The fraction of sp³-hybridized carbons (Fsp3) is 0.0714. The standard InChI is InChI=1S/C14H10ClF2NO/c1-8-3-2-4-10(5-8)18-14(19)9-6-11(16)13(15)12(17)7-9/h2-7H,1H3,(H,18,19). The number of aryl methyl sites for hydroxylation is 1. The summed E-state index contributed by atoms with van der Waals surface area (Å²) in [6.07, 6.45) is 0. The lowest BCUT2D eigenvalue weighted by atomic mass is 10.1. The number of rotatable bonds is 2. The van der Waals surface area contributed by atoms with Gasteiger partial charge >= 0.3 is 0 Å². The van der Waals surface area contributed by atoms with Crippen molar-refractivity contribution in [3.8, 4) is 0 Å². The van der Waals surface area contributed by atoms with Gasteiger partial charge in [0.15, 0.2) is 0 Å². The second-order valence-corrected chi connectivity index (χ2v) is 4.46. The average molecular weight is 282 g/mol. The van der Waals surface area contributed by atoms with E-state index in [-0.39, 0.29) is 5.56 Å². The smallest absolute Gasteiger partial charge is 0.255 e. The Balaban J connectivity index is 2.25. The molecule has 0 aromatic heterocycles. The van der Waals surface area contributed by atoms with Crippen LogP contribution in [0.1, 0.15) is 15.9 Å². The molecule has 0 atom stereocenters. The molecule has 5 heteroatoms. The van der Waals surface area contributed by atoms with Crippen molar-refractivity contribution < 1.29 is 13.6 Å². The predicted octanol–water partition coefficient (Wildman–Crippen LogP) is 4.18. The fourth-order valence-electron chi connectivity index (χ4n) is 1.61. The molecule has 0 bridgehead atoms. The van der Waals surface area contributed by atoms with E-state index in [1.165, 1.54) is 0 Å². The number of nitrogens with one attached hydrogen (secondary N) is 1. The van der Waals surface area contributed by atoms with Crippen LogP contribution in [0.2, 0.25) is 5.02 Å². The van der Waals surface area contributed by atoms with Gasteiger partial charge in [-0.2, -0.15) is 0 Å². The molecule has 98 valence electrons.